The molecule has 0 bridgehead atoms. The molecular formula is C21H20F4N4O3S. The van der Waals surface area contributed by atoms with Gasteiger partial charge in [0.1, 0.15) is 16.8 Å². The van der Waals surface area contributed by atoms with Crippen molar-refractivity contribution in [3.63, 3.8) is 0 Å². The molecule has 1 aliphatic rings. The highest BCUT2D eigenvalue weighted by atomic mass is 32.2. The molecule has 3 aromatic rings. The number of fused-ring (bicyclic) bond motifs is 1. The van der Waals surface area contributed by atoms with E-state index in [0.717, 1.165) is 31.5 Å². The van der Waals surface area contributed by atoms with Gasteiger partial charge in [-0.25, -0.2) is 12.8 Å². The molecular weight excluding hydrogens is 464 g/mol. The van der Waals surface area contributed by atoms with Gasteiger partial charge in [-0.05, 0) is 56.5 Å². The van der Waals surface area contributed by atoms with Crippen LogP contribution in [-0.2, 0) is 10.0 Å². The molecule has 176 valence electrons. The zero-order valence-electron chi connectivity index (χ0n) is 17.4. The zero-order chi connectivity index (χ0) is 24.1. The first-order chi connectivity index (χ1) is 15.4. The number of hydrogen-bond donors (Lipinski definition) is 2. The van der Waals surface area contributed by atoms with Gasteiger partial charge < -0.3 is 10.3 Å². The molecule has 2 heterocycles. The van der Waals surface area contributed by atoms with Crippen molar-refractivity contribution in [1.82, 2.24) is 14.3 Å². The number of halogens is 4. The first-order valence-corrected chi connectivity index (χ1v) is 11.6. The Morgan fingerprint density at radius 2 is 1.94 bits per heavy atom. The van der Waals surface area contributed by atoms with Crippen LogP contribution in [0.3, 0.4) is 0 Å². The van der Waals surface area contributed by atoms with Gasteiger partial charge in [-0.2, -0.15) is 17.9 Å². The number of carbonyl (C=O) groups excluding carboxylic acids is 1. The van der Waals surface area contributed by atoms with Crippen LogP contribution < -0.4 is 10.5 Å². The molecule has 7 nitrogen and oxygen atoms in total. The van der Waals surface area contributed by atoms with Gasteiger partial charge in [-0.3, -0.25) is 9.78 Å². The number of hydrogen-bond acceptors (Lipinski definition) is 4. The SMILES string of the molecule is C[C@H](NS(=O)(=O)c1ccc(-c2c(C(N)=O)c3cc(F)ccc3n2C2CCC2)nc1)C(F)(F)F. The van der Waals surface area contributed by atoms with Crippen molar-refractivity contribution in [2.75, 3.05) is 0 Å². The molecule has 12 heteroatoms. The van der Waals surface area contributed by atoms with Crippen LogP contribution >= 0.6 is 0 Å². The molecule has 1 saturated carbocycles. The summed E-state index contributed by atoms with van der Waals surface area (Å²) < 4.78 is 80.4. The minimum atomic E-state index is -4.75. The topological polar surface area (TPSA) is 107 Å². The Morgan fingerprint density at radius 3 is 2.45 bits per heavy atom. The predicted octanol–water partition coefficient (Wildman–Crippen LogP) is 3.90. The van der Waals surface area contributed by atoms with Gasteiger partial charge in [-0.1, -0.05) is 0 Å². The number of amides is 1. The van der Waals surface area contributed by atoms with E-state index in [1.54, 1.807) is 10.8 Å². The molecule has 0 unspecified atom stereocenters. The largest absolute Gasteiger partial charge is 0.404 e. The zero-order valence-corrected chi connectivity index (χ0v) is 18.2. The molecule has 1 fully saturated rings. The van der Waals surface area contributed by atoms with Gasteiger partial charge in [0.25, 0.3) is 5.91 Å². The number of aromatic nitrogens is 2. The smallest absolute Gasteiger partial charge is 0.366 e. The number of nitrogens with two attached hydrogens (primary N) is 1. The fourth-order valence-corrected chi connectivity index (χ4v) is 5.03. The fraction of sp³-hybridized carbons (Fsp3) is 0.333. The van der Waals surface area contributed by atoms with E-state index < -0.39 is 38.9 Å². The molecule has 0 radical (unpaired) electrons. The van der Waals surface area contributed by atoms with Crippen LogP contribution in [0.25, 0.3) is 22.3 Å². The standard InChI is InChI=1S/C21H20F4N4O3S/c1-11(21(23,24)25)28-33(31,32)14-6-7-16(27-10-14)19-18(20(26)30)15-9-12(22)5-8-17(15)29(19)13-3-2-4-13/h5-11,13,28H,2-4H2,1H3,(H2,26,30)/t11-/m0/s1. The first-order valence-electron chi connectivity index (χ1n) is 10.1. The molecule has 1 aliphatic carbocycles. The summed E-state index contributed by atoms with van der Waals surface area (Å²) in [4.78, 5) is 16.0. The van der Waals surface area contributed by atoms with Crippen LogP contribution in [0.5, 0.6) is 0 Å². The normalized spacial score (nSPS) is 16.0. The lowest BCUT2D eigenvalue weighted by Crippen LogP contribution is -2.42. The number of carbonyl (C=O) groups is 1. The molecule has 1 atom stereocenters. The van der Waals surface area contributed by atoms with Crippen LogP contribution in [0.1, 0.15) is 42.6 Å². The van der Waals surface area contributed by atoms with E-state index >= 15 is 0 Å². The second-order valence-corrected chi connectivity index (χ2v) is 9.68. The van der Waals surface area contributed by atoms with Crippen LogP contribution in [0.4, 0.5) is 17.6 Å². The molecule has 3 N–H and O–H groups in total. The highest BCUT2D eigenvalue weighted by Gasteiger charge is 2.39. The summed E-state index contributed by atoms with van der Waals surface area (Å²) in [6.45, 7) is 0.689. The summed E-state index contributed by atoms with van der Waals surface area (Å²) in [7, 11) is -4.50. The average Bonchev–Trinajstić information content (AvgIpc) is 3.00. The van der Waals surface area contributed by atoms with E-state index in [1.165, 1.54) is 18.2 Å². The second kappa shape index (κ2) is 8.10. The molecule has 1 amide bonds. The molecule has 0 saturated heterocycles. The molecule has 0 aliphatic heterocycles. The van der Waals surface area contributed by atoms with Crippen molar-refractivity contribution in [3.05, 3.63) is 47.9 Å². The lowest BCUT2D eigenvalue weighted by molar-refractivity contribution is -0.147. The van der Waals surface area contributed by atoms with E-state index in [4.69, 9.17) is 5.73 Å². The number of nitrogens with one attached hydrogen (secondary N) is 1. The highest BCUT2D eigenvalue weighted by molar-refractivity contribution is 7.89. The quantitative estimate of drug-likeness (QED) is 0.518. The number of primary amides is 1. The van der Waals surface area contributed by atoms with Gasteiger partial charge in [0.05, 0.1) is 17.0 Å². The van der Waals surface area contributed by atoms with E-state index in [9.17, 15) is 30.8 Å². The number of sulfonamides is 1. The van der Waals surface area contributed by atoms with Gasteiger partial charge in [0.2, 0.25) is 10.0 Å². The summed E-state index contributed by atoms with van der Waals surface area (Å²) in [5, 5.41) is 0.309. The Morgan fingerprint density at radius 1 is 1.24 bits per heavy atom. The average molecular weight is 484 g/mol. The third-order valence-corrected chi connectivity index (χ3v) is 7.29. The molecule has 1 aromatic carbocycles. The lowest BCUT2D eigenvalue weighted by Gasteiger charge is -2.30. The Bertz CT molecular complexity index is 1330. The third kappa shape index (κ3) is 4.20. The minimum absolute atomic E-state index is 0.0144. The van der Waals surface area contributed by atoms with Crippen LogP contribution in [0.2, 0.25) is 0 Å². The second-order valence-electron chi connectivity index (χ2n) is 7.97. The number of benzene rings is 1. The van der Waals surface area contributed by atoms with Gasteiger partial charge in [-0.15, -0.1) is 0 Å². The van der Waals surface area contributed by atoms with Gasteiger partial charge >= 0.3 is 6.18 Å². The maximum atomic E-state index is 14.0. The Labute approximate surface area is 186 Å². The van der Waals surface area contributed by atoms with Crippen molar-refractivity contribution in [1.29, 1.82) is 0 Å². The monoisotopic (exact) mass is 484 g/mol. The maximum absolute atomic E-state index is 14.0. The minimum Gasteiger partial charge on any atom is -0.366 e. The number of rotatable bonds is 6. The summed E-state index contributed by atoms with van der Waals surface area (Å²) in [5.41, 5.74) is 6.76. The Balaban J connectivity index is 1.83. The van der Waals surface area contributed by atoms with E-state index in [-0.39, 0.29) is 17.3 Å². The Hall–Kier alpha value is -2.99. The highest BCUT2D eigenvalue weighted by Crippen LogP contribution is 2.42. The Kier molecular flexibility index (Phi) is 5.69. The molecule has 33 heavy (non-hydrogen) atoms. The maximum Gasteiger partial charge on any atom is 0.404 e. The van der Waals surface area contributed by atoms with Crippen molar-refractivity contribution in [2.24, 2.45) is 5.73 Å². The van der Waals surface area contributed by atoms with E-state index in [0.29, 0.717) is 23.5 Å². The summed E-state index contributed by atoms with van der Waals surface area (Å²) >= 11 is 0. The van der Waals surface area contributed by atoms with Crippen molar-refractivity contribution < 1.29 is 30.8 Å². The van der Waals surface area contributed by atoms with E-state index in [2.05, 4.69) is 4.98 Å². The lowest BCUT2D eigenvalue weighted by atomic mass is 9.92. The van der Waals surface area contributed by atoms with Crippen LogP contribution in [0.15, 0.2) is 41.4 Å². The summed E-state index contributed by atoms with van der Waals surface area (Å²) in [6.07, 6.45) is -1.24. The predicted molar refractivity (Wildman–Crippen MR) is 112 cm³/mol. The van der Waals surface area contributed by atoms with Crippen molar-refractivity contribution >= 4 is 26.8 Å². The van der Waals surface area contributed by atoms with Crippen LogP contribution in [-0.4, -0.2) is 36.1 Å². The third-order valence-electron chi connectivity index (χ3n) is 5.76. The van der Waals surface area contributed by atoms with Crippen molar-refractivity contribution in [3.8, 4) is 11.4 Å². The molecule has 0 spiro atoms. The van der Waals surface area contributed by atoms with Crippen molar-refractivity contribution in [2.45, 2.75) is 49.3 Å². The van der Waals surface area contributed by atoms with E-state index in [1.807, 2.05) is 4.57 Å². The molecule has 2 aromatic heterocycles. The number of alkyl halides is 3. The number of nitrogens with zero attached hydrogens (tertiary/aromatic N) is 2. The molecule has 4 rings (SSSR count). The van der Waals surface area contributed by atoms with Crippen LogP contribution in [0, 0.1) is 5.82 Å². The number of pyridine rings is 1. The summed E-state index contributed by atoms with van der Waals surface area (Å²) in [6, 6.07) is 4.12. The van der Waals surface area contributed by atoms with Gasteiger partial charge in [0.15, 0.2) is 0 Å². The van der Waals surface area contributed by atoms with Gasteiger partial charge in [0, 0.05) is 23.1 Å². The fourth-order valence-electron chi connectivity index (χ4n) is 3.86. The summed E-state index contributed by atoms with van der Waals surface area (Å²) in [5.74, 6) is -1.36. The first kappa shape index (κ1) is 23.2.